The molecule has 0 saturated heterocycles. The van der Waals surface area contributed by atoms with Gasteiger partial charge in [0, 0.05) is 23.2 Å². The van der Waals surface area contributed by atoms with E-state index in [2.05, 4.69) is 5.32 Å². The Hall–Kier alpha value is -1.26. The number of carboxylic acid groups (broad SMARTS) is 1. The van der Waals surface area contributed by atoms with Crippen LogP contribution < -0.4 is 10.1 Å². The highest BCUT2D eigenvalue weighted by atomic mass is 35.5. The lowest BCUT2D eigenvalue weighted by Crippen LogP contribution is -2.34. The highest BCUT2D eigenvalue weighted by Gasteiger charge is 2.25. The van der Waals surface area contributed by atoms with Crippen LogP contribution in [0.4, 0.5) is 0 Å². The number of hydrogen-bond donors (Lipinski definition) is 2. The Labute approximate surface area is 124 Å². The molecule has 2 rings (SSSR count). The molecule has 0 heterocycles. The van der Waals surface area contributed by atoms with Crippen LogP contribution in [-0.2, 0) is 11.3 Å². The highest BCUT2D eigenvalue weighted by molar-refractivity contribution is 6.31. The first kappa shape index (κ1) is 15.1. The van der Waals surface area contributed by atoms with Gasteiger partial charge in [0.1, 0.15) is 5.75 Å². The van der Waals surface area contributed by atoms with E-state index < -0.39 is 5.97 Å². The van der Waals surface area contributed by atoms with Gasteiger partial charge in [0.15, 0.2) is 0 Å². The highest BCUT2D eigenvalue weighted by Crippen LogP contribution is 2.28. The molecule has 110 valence electrons. The van der Waals surface area contributed by atoms with Crippen molar-refractivity contribution >= 4 is 17.6 Å². The summed E-state index contributed by atoms with van der Waals surface area (Å²) >= 11 is 6.19. The molecule has 2 N–H and O–H groups in total. The Morgan fingerprint density at radius 2 is 2.10 bits per heavy atom. The Morgan fingerprint density at radius 3 is 2.70 bits per heavy atom. The van der Waals surface area contributed by atoms with Crippen LogP contribution in [0.1, 0.15) is 31.2 Å². The molecular formula is C15H20ClNO3. The van der Waals surface area contributed by atoms with Gasteiger partial charge < -0.3 is 15.2 Å². The standard InChI is InChI=1S/C15H20ClNO3/c1-20-14-4-2-3-13(16)12(14)9-17-11-7-5-10(6-8-11)15(18)19/h2-4,10-11,17H,5-9H2,1H3,(H,18,19). The first-order valence-electron chi connectivity index (χ1n) is 6.89. The van der Waals surface area contributed by atoms with Gasteiger partial charge in [-0.3, -0.25) is 4.79 Å². The number of methoxy groups -OCH3 is 1. The average molecular weight is 298 g/mol. The number of ether oxygens (including phenoxy) is 1. The summed E-state index contributed by atoms with van der Waals surface area (Å²) in [6.07, 6.45) is 3.27. The zero-order valence-corrected chi connectivity index (χ0v) is 12.3. The summed E-state index contributed by atoms with van der Waals surface area (Å²) in [4.78, 5) is 10.9. The third kappa shape index (κ3) is 3.64. The van der Waals surface area contributed by atoms with Crippen molar-refractivity contribution in [2.75, 3.05) is 7.11 Å². The van der Waals surface area contributed by atoms with Crippen LogP contribution in [0.5, 0.6) is 5.75 Å². The lowest BCUT2D eigenvalue weighted by Gasteiger charge is -2.27. The predicted molar refractivity (Wildman–Crippen MR) is 78.2 cm³/mol. The Kier molecular flexibility index (Phi) is 5.26. The summed E-state index contributed by atoms with van der Waals surface area (Å²) in [6, 6.07) is 5.96. The summed E-state index contributed by atoms with van der Waals surface area (Å²) in [5.41, 5.74) is 0.956. The second kappa shape index (κ2) is 6.95. The van der Waals surface area contributed by atoms with E-state index in [9.17, 15) is 4.79 Å². The van der Waals surface area contributed by atoms with Crippen LogP contribution >= 0.6 is 11.6 Å². The van der Waals surface area contributed by atoms with Crippen molar-refractivity contribution in [3.63, 3.8) is 0 Å². The molecule has 1 aliphatic rings. The smallest absolute Gasteiger partial charge is 0.306 e. The molecule has 0 unspecified atom stereocenters. The van der Waals surface area contributed by atoms with E-state index in [4.69, 9.17) is 21.4 Å². The van der Waals surface area contributed by atoms with Crippen LogP contribution in [-0.4, -0.2) is 24.2 Å². The molecule has 1 saturated carbocycles. The van der Waals surface area contributed by atoms with E-state index in [1.165, 1.54) is 0 Å². The number of benzene rings is 1. The quantitative estimate of drug-likeness (QED) is 0.877. The molecule has 0 atom stereocenters. The molecular weight excluding hydrogens is 278 g/mol. The minimum absolute atomic E-state index is 0.178. The molecule has 0 bridgehead atoms. The summed E-state index contributed by atoms with van der Waals surface area (Å²) in [5.74, 6) is -0.0663. The van der Waals surface area contributed by atoms with Crippen LogP contribution in [0, 0.1) is 5.92 Å². The first-order valence-corrected chi connectivity index (χ1v) is 7.27. The average Bonchev–Trinajstić information content (AvgIpc) is 2.46. The van der Waals surface area contributed by atoms with E-state index in [1.54, 1.807) is 7.11 Å². The minimum atomic E-state index is -0.670. The number of carbonyl (C=O) groups is 1. The normalized spacial score (nSPS) is 22.5. The first-order chi connectivity index (χ1) is 9.61. The molecule has 5 heteroatoms. The topological polar surface area (TPSA) is 58.6 Å². The molecule has 0 spiro atoms. The Morgan fingerprint density at radius 1 is 1.40 bits per heavy atom. The Balaban J connectivity index is 1.89. The summed E-state index contributed by atoms with van der Waals surface area (Å²) in [7, 11) is 1.63. The van der Waals surface area contributed by atoms with Crippen LogP contribution in [0.15, 0.2) is 18.2 Å². The van der Waals surface area contributed by atoms with Gasteiger partial charge in [-0.1, -0.05) is 17.7 Å². The largest absolute Gasteiger partial charge is 0.496 e. The SMILES string of the molecule is COc1cccc(Cl)c1CNC1CCC(C(=O)O)CC1. The molecule has 20 heavy (non-hydrogen) atoms. The zero-order valence-electron chi connectivity index (χ0n) is 11.6. The van der Waals surface area contributed by atoms with Gasteiger partial charge in [-0.25, -0.2) is 0 Å². The summed E-state index contributed by atoms with van der Waals surface area (Å²) in [6.45, 7) is 0.644. The monoisotopic (exact) mass is 297 g/mol. The fraction of sp³-hybridized carbons (Fsp3) is 0.533. The maximum Gasteiger partial charge on any atom is 0.306 e. The third-order valence-electron chi connectivity index (χ3n) is 3.94. The molecule has 1 aromatic rings. The maximum absolute atomic E-state index is 10.9. The van der Waals surface area contributed by atoms with Crippen LogP contribution in [0.2, 0.25) is 5.02 Å². The van der Waals surface area contributed by atoms with Crippen molar-refractivity contribution in [2.24, 2.45) is 5.92 Å². The lowest BCUT2D eigenvalue weighted by atomic mass is 9.86. The van der Waals surface area contributed by atoms with Crippen molar-refractivity contribution in [1.29, 1.82) is 0 Å². The number of hydrogen-bond acceptors (Lipinski definition) is 3. The molecule has 0 amide bonds. The molecule has 0 radical (unpaired) electrons. The van der Waals surface area contributed by atoms with Gasteiger partial charge in [-0.15, -0.1) is 0 Å². The van der Waals surface area contributed by atoms with Crippen molar-refractivity contribution in [3.8, 4) is 5.75 Å². The molecule has 0 aromatic heterocycles. The van der Waals surface area contributed by atoms with Crippen molar-refractivity contribution in [3.05, 3.63) is 28.8 Å². The van der Waals surface area contributed by atoms with E-state index in [1.807, 2.05) is 18.2 Å². The molecule has 1 aliphatic carbocycles. The third-order valence-corrected chi connectivity index (χ3v) is 4.29. The number of aliphatic carboxylic acids is 1. The van der Waals surface area contributed by atoms with Gasteiger partial charge in [0.2, 0.25) is 0 Å². The number of carboxylic acids is 1. The van der Waals surface area contributed by atoms with Gasteiger partial charge in [-0.2, -0.15) is 0 Å². The van der Waals surface area contributed by atoms with Gasteiger partial charge in [0.05, 0.1) is 13.0 Å². The molecule has 1 fully saturated rings. The fourth-order valence-electron chi connectivity index (χ4n) is 2.69. The number of rotatable bonds is 5. The number of halogens is 1. The van der Waals surface area contributed by atoms with Crippen molar-refractivity contribution < 1.29 is 14.6 Å². The van der Waals surface area contributed by atoms with Gasteiger partial charge in [-0.05, 0) is 37.8 Å². The van der Waals surface area contributed by atoms with E-state index >= 15 is 0 Å². The van der Waals surface area contributed by atoms with Gasteiger partial charge in [0.25, 0.3) is 0 Å². The minimum Gasteiger partial charge on any atom is -0.496 e. The van der Waals surface area contributed by atoms with E-state index in [0.29, 0.717) is 17.6 Å². The zero-order chi connectivity index (χ0) is 14.5. The summed E-state index contributed by atoms with van der Waals surface area (Å²) in [5, 5.41) is 13.1. The Bertz CT molecular complexity index is 470. The van der Waals surface area contributed by atoms with Crippen molar-refractivity contribution in [1.82, 2.24) is 5.32 Å². The second-order valence-corrected chi connectivity index (χ2v) is 5.60. The van der Waals surface area contributed by atoms with Crippen molar-refractivity contribution in [2.45, 2.75) is 38.3 Å². The molecule has 4 nitrogen and oxygen atoms in total. The van der Waals surface area contributed by atoms with Crippen LogP contribution in [0.25, 0.3) is 0 Å². The predicted octanol–water partition coefficient (Wildman–Crippen LogP) is 3.08. The summed E-state index contributed by atoms with van der Waals surface area (Å²) < 4.78 is 5.31. The molecule has 0 aliphatic heterocycles. The van der Waals surface area contributed by atoms with Crippen LogP contribution in [0.3, 0.4) is 0 Å². The lowest BCUT2D eigenvalue weighted by molar-refractivity contribution is -0.142. The van der Waals surface area contributed by atoms with Gasteiger partial charge >= 0.3 is 5.97 Å². The second-order valence-electron chi connectivity index (χ2n) is 5.19. The van der Waals surface area contributed by atoms with E-state index in [0.717, 1.165) is 37.0 Å². The maximum atomic E-state index is 10.9. The fourth-order valence-corrected chi connectivity index (χ4v) is 2.93. The number of nitrogens with one attached hydrogen (secondary N) is 1. The molecule has 1 aromatic carbocycles. The van der Waals surface area contributed by atoms with E-state index in [-0.39, 0.29) is 5.92 Å².